The number of aromatic nitrogens is 1. The van der Waals surface area contributed by atoms with Gasteiger partial charge >= 0.3 is 12.1 Å². The van der Waals surface area contributed by atoms with Crippen LogP contribution in [0.5, 0.6) is 0 Å². The van der Waals surface area contributed by atoms with Crippen LogP contribution >= 0.6 is 0 Å². The molecule has 0 bridgehead atoms. The Hall–Kier alpha value is -3.32. The summed E-state index contributed by atoms with van der Waals surface area (Å²) in [5, 5.41) is 22.9. The lowest BCUT2D eigenvalue weighted by atomic mass is 9.88. The average Bonchev–Trinajstić information content (AvgIpc) is 3.36. The van der Waals surface area contributed by atoms with Crippen molar-refractivity contribution < 1.29 is 36.6 Å². The Labute approximate surface area is 256 Å². The van der Waals surface area contributed by atoms with E-state index in [4.69, 9.17) is 5.11 Å². The number of alkyl halides is 3. The van der Waals surface area contributed by atoms with Crippen LogP contribution in [0.15, 0.2) is 65.7 Å². The van der Waals surface area contributed by atoms with Gasteiger partial charge in [-0.15, -0.1) is 0 Å². The third-order valence-electron chi connectivity index (χ3n) is 7.91. The molecule has 1 aliphatic rings. The number of carbonyl (C=O) groups is 1. The number of hydrogen-bond acceptors (Lipinski definition) is 6. The van der Waals surface area contributed by atoms with Crippen molar-refractivity contribution in [3.8, 4) is 11.3 Å². The van der Waals surface area contributed by atoms with Gasteiger partial charge in [-0.25, -0.2) is 8.42 Å². The second kappa shape index (κ2) is 13.4. The molecular formula is C32H38F3N3O5S. The number of fused-ring (bicyclic) bond motifs is 1. The van der Waals surface area contributed by atoms with E-state index in [0.717, 1.165) is 35.7 Å². The van der Waals surface area contributed by atoms with E-state index in [9.17, 15) is 31.5 Å². The summed E-state index contributed by atoms with van der Waals surface area (Å²) in [6.07, 6.45) is -1.70. The van der Waals surface area contributed by atoms with Crippen molar-refractivity contribution in [1.29, 1.82) is 0 Å². The summed E-state index contributed by atoms with van der Waals surface area (Å²) in [5.41, 5.74) is 1.83. The largest absolute Gasteiger partial charge is 0.481 e. The molecule has 238 valence electrons. The molecular weight excluding hydrogens is 595 g/mol. The highest BCUT2D eigenvalue weighted by Crippen LogP contribution is 2.35. The Morgan fingerprint density at radius 3 is 2.32 bits per heavy atom. The number of hydrogen-bond donors (Lipinski definition) is 3. The Morgan fingerprint density at radius 1 is 1.09 bits per heavy atom. The predicted molar refractivity (Wildman–Crippen MR) is 160 cm³/mol. The maximum absolute atomic E-state index is 13.8. The highest BCUT2D eigenvalue weighted by atomic mass is 32.2. The van der Waals surface area contributed by atoms with E-state index in [2.05, 4.69) is 22.4 Å². The van der Waals surface area contributed by atoms with Crippen LogP contribution in [0.1, 0.15) is 48.9 Å². The summed E-state index contributed by atoms with van der Waals surface area (Å²) in [6.45, 7) is 3.82. The van der Waals surface area contributed by atoms with Crippen molar-refractivity contribution in [2.75, 3.05) is 20.1 Å². The molecule has 2 aromatic carbocycles. The number of aryl methyl sites for hydroxylation is 1. The number of carboxylic acids is 1. The summed E-state index contributed by atoms with van der Waals surface area (Å²) in [7, 11) is -3.21. The molecule has 4 rings (SSSR count). The molecule has 1 unspecified atom stereocenters. The van der Waals surface area contributed by atoms with E-state index >= 15 is 0 Å². The second-order valence-corrected chi connectivity index (χ2v) is 14.2. The molecule has 1 aromatic heterocycles. The van der Waals surface area contributed by atoms with Crippen LogP contribution in [-0.2, 0) is 40.3 Å². The Kier molecular flexibility index (Phi) is 10.2. The molecule has 0 amide bonds. The Bertz CT molecular complexity index is 1550. The van der Waals surface area contributed by atoms with Crippen LogP contribution in [0, 0.1) is 5.92 Å². The number of halogens is 3. The van der Waals surface area contributed by atoms with E-state index in [1.54, 1.807) is 6.07 Å². The zero-order valence-corrected chi connectivity index (χ0v) is 25.8. The lowest BCUT2D eigenvalue weighted by Gasteiger charge is -2.31. The van der Waals surface area contributed by atoms with Gasteiger partial charge in [0, 0.05) is 43.9 Å². The van der Waals surface area contributed by atoms with Crippen molar-refractivity contribution in [2.45, 2.75) is 68.7 Å². The molecule has 44 heavy (non-hydrogen) atoms. The lowest BCUT2D eigenvalue weighted by Crippen LogP contribution is -2.47. The number of likely N-dealkylation sites (N-methyl/N-ethyl adjacent to an activating group) is 1. The number of aliphatic carboxylic acids is 1. The van der Waals surface area contributed by atoms with Crippen LogP contribution in [0.4, 0.5) is 13.2 Å². The van der Waals surface area contributed by atoms with E-state index in [1.165, 1.54) is 30.4 Å². The van der Waals surface area contributed by atoms with Gasteiger partial charge in [0.1, 0.15) is 0 Å². The molecule has 3 N–H and O–H groups in total. The van der Waals surface area contributed by atoms with Gasteiger partial charge < -0.3 is 15.5 Å². The standard InChI is InChI=1S/C32H38F3N3O5S/c1-31(2,17-22-12-23-6-4-5-7-24(23)13-22)37-19-27(39)20-38(3)44(42,43)28-15-25(14-26(16-28)32(33,34)35)29-10-8-21(18-36-29)9-11-30(40)41/h4-8,10,14-16,18,22,27,37,39H,9,11-13,17,19-20H2,1-3H3,(H,40,41). The first kappa shape index (κ1) is 33.6. The fraction of sp³-hybridized carbons (Fsp3) is 0.438. The molecule has 0 aliphatic heterocycles. The lowest BCUT2D eigenvalue weighted by molar-refractivity contribution is -0.138. The van der Waals surface area contributed by atoms with Crippen molar-refractivity contribution in [1.82, 2.24) is 14.6 Å². The van der Waals surface area contributed by atoms with Crippen molar-refractivity contribution in [2.24, 2.45) is 5.92 Å². The molecule has 3 aromatic rings. The zero-order chi connectivity index (χ0) is 32.3. The second-order valence-electron chi connectivity index (χ2n) is 12.1. The molecule has 0 fully saturated rings. The van der Waals surface area contributed by atoms with Gasteiger partial charge in [0.05, 0.1) is 22.3 Å². The monoisotopic (exact) mass is 633 g/mol. The van der Waals surface area contributed by atoms with Crippen LogP contribution in [0.2, 0.25) is 0 Å². The number of sulfonamides is 1. The summed E-state index contributed by atoms with van der Waals surface area (Å²) in [6, 6.07) is 13.8. The van der Waals surface area contributed by atoms with Crippen LogP contribution in [0.3, 0.4) is 0 Å². The molecule has 0 radical (unpaired) electrons. The van der Waals surface area contributed by atoms with Gasteiger partial charge in [-0.05, 0) is 86.4 Å². The van der Waals surface area contributed by atoms with Gasteiger partial charge in [0.25, 0.3) is 0 Å². The van der Waals surface area contributed by atoms with Crippen molar-refractivity contribution >= 4 is 16.0 Å². The molecule has 0 saturated heterocycles. The first-order chi connectivity index (χ1) is 20.5. The summed E-state index contributed by atoms with van der Waals surface area (Å²) >= 11 is 0. The average molecular weight is 634 g/mol. The molecule has 8 nitrogen and oxygen atoms in total. The third kappa shape index (κ3) is 8.65. The predicted octanol–water partition coefficient (Wildman–Crippen LogP) is 4.94. The minimum absolute atomic E-state index is 0.0605. The number of nitrogens with zero attached hydrogens (tertiary/aromatic N) is 2. The van der Waals surface area contributed by atoms with Crippen LogP contribution in [0.25, 0.3) is 11.3 Å². The smallest absolute Gasteiger partial charge is 0.416 e. The van der Waals surface area contributed by atoms with Gasteiger partial charge in [0.2, 0.25) is 10.0 Å². The minimum Gasteiger partial charge on any atom is -0.481 e. The number of nitrogens with one attached hydrogen (secondary N) is 1. The number of β-amino-alcohol motifs (C(OH)–C–C–N with tert-alkyl or cyclic N) is 1. The maximum atomic E-state index is 13.8. The van der Waals surface area contributed by atoms with Crippen LogP contribution < -0.4 is 5.32 Å². The Balaban J connectivity index is 1.43. The molecule has 0 saturated carbocycles. The molecule has 0 spiro atoms. The number of rotatable bonds is 13. The summed E-state index contributed by atoms with van der Waals surface area (Å²) in [4.78, 5) is 14.4. The van der Waals surface area contributed by atoms with Gasteiger partial charge in [-0.2, -0.15) is 17.5 Å². The fourth-order valence-electron chi connectivity index (χ4n) is 5.68. The van der Waals surface area contributed by atoms with Crippen molar-refractivity contribution in [3.63, 3.8) is 0 Å². The van der Waals surface area contributed by atoms with E-state index in [0.29, 0.717) is 17.5 Å². The normalized spacial score (nSPS) is 15.0. The summed E-state index contributed by atoms with van der Waals surface area (Å²) < 4.78 is 69.1. The number of carboxylic acid groups (broad SMARTS) is 1. The number of pyridine rings is 1. The topological polar surface area (TPSA) is 120 Å². The zero-order valence-electron chi connectivity index (χ0n) is 24.9. The summed E-state index contributed by atoms with van der Waals surface area (Å²) in [5.74, 6) is -0.549. The quantitative estimate of drug-likeness (QED) is 0.244. The van der Waals surface area contributed by atoms with Crippen LogP contribution in [-0.4, -0.2) is 65.7 Å². The fourth-order valence-corrected chi connectivity index (χ4v) is 6.96. The van der Waals surface area contributed by atoms with Crippen molar-refractivity contribution in [3.05, 3.63) is 83.0 Å². The number of aliphatic hydroxyl groups is 1. The highest BCUT2D eigenvalue weighted by Gasteiger charge is 2.34. The molecule has 12 heteroatoms. The van der Waals surface area contributed by atoms with E-state index in [1.807, 2.05) is 26.0 Å². The minimum atomic E-state index is -4.82. The third-order valence-corrected chi connectivity index (χ3v) is 9.71. The SMILES string of the molecule is CN(CC(O)CNC(C)(C)CC1Cc2ccccc2C1)S(=O)(=O)c1cc(-c2ccc(CCC(=O)O)cn2)cc(C(F)(F)F)c1. The molecule has 1 aliphatic carbocycles. The van der Waals surface area contributed by atoms with Gasteiger partial charge in [0.15, 0.2) is 0 Å². The first-order valence-corrected chi connectivity index (χ1v) is 15.8. The Morgan fingerprint density at radius 2 is 1.75 bits per heavy atom. The van der Waals surface area contributed by atoms with Gasteiger partial charge in [-0.1, -0.05) is 30.3 Å². The van der Waals surface area contributed by atoms with E-state index in [-0.39, 0.29) is 42.7 Å². The molecule has 1 heterocycles. The van der Waals surface area contributed by atoms with Gasteiger partial charge in [-0.3, -0.25) is 9.78 Å². The molecule has 1 atom stereocenters. The first-order valence-electron chi connectivity index (χ1n) is 14.4. The number of aliphatic hydroxyl groups excluding tert-OH is 1. The maximum Gasteiger partial charge on any atom is 0.416 e. The number of benzene rings is 2. The highest BCUT2D eigenvalue weighted by molar-refractivity contribution is 7.89. The van der Waals surface area contributed by atoms with E-state index < -0.39 is 38.7 Å².